The Hall–Kier alpha value is 0.564. The van der Waals surface area contributed by atoms with Gasteiger partial charge in [0.25, 0.3) is 0 Å². The Bertz CT molecular complexity index is 412. The van der Waals surface area contributed by atoms with Gasteiger partial charge in [0.05, 0.1) is 0 Å². The van der Waals surface area contributed by atoms with Gasteiger partial charge in [-0.2, -0.15) is 5.56 Å². The van der Waals surface area contributed by atoms with Crippen LogP contribution in [0.15, 0.2) is 41.0 Å². The second kappa shape index (κ2) is 6.48. The van der Waals surface area contributed by atoms with E-state index in [-0.39, 0.29) is 37.5 Å². The van der Waals surface area contributed by atoms with Gasteiger partial charge < -0.3 is 5.32 Å². The van der Waals surface area contributed by atoms with Gasteiger partial charge in [0.2, 0.25) is 0 Å². The van der Waals surface area contributed by atoms with Gasteiger partial charge in [-0.25, -0.2) is 6.08 Å². The normalized spacial score (nSPS) is 19.5. The van der Waals surface area contributed by atoms with Crippen LogP contribution in [0.3, 0.4) is 0 Å². The Morgan fingerprint density at radius 1 is 1.31 bits per heavy atom. The first-order chi connectivity index (χ1) is 7.16. The van der Waals surface area contributed by atoms with Crippen molar-refractivity contribution >= 4 is 37.6 Å². The molecule has 0 saturated heterocycles. The van der Waals surface area contributed by atoms with E-state index in [1.807, 2.05) is 12.1 Å². The van der Waals surface area contributed by atoms with Crippen molar-refractivity contribution < 1.29 is 32.7 Å². The largest absolute Gasteiger partial charge is 0.393 e. The summed E-state index contributed by atoms with van der Waals surface area (Å²) in [6, 6.07) is 8.16. The second-order valence-corrected chi connectivity index (χ2v) is 5.40. The standard InChI is InChI=1S/C12H10Br2N.Y/c1-8-11(14)6-7-12(15-8)9-2-4-10(13)5-3-9;/h2-5,11,15H,1,6H2;/q-1;. The van der Waals surface area contributed by atoms with Gasteiger partial charge in [-0.3, -0.25) is 0 Å². The number of allylic oxidation sites excluding steroid dienone is 2. The molecule has 1 radical (unpaired) electrons. The average Bonchev–Trinajstić information content (AvgIpc) is 2.23. The number of nitrogens with one attached hydrogen (secondary N) is 1. The summed E-state index contributed by atoms with van der Waals surface area (Å²) in [7, 11) is 0. The van der Waals surface area contributed by atoms with E-state index in [9.17, 15) is 0 Å². The molecule has 0 spiro atoms. The van der Waals surface area contributed by atoms with Gasteiger partial charge >= 0.3 is 0 Å². The summed E-state index contributed by atoms with van der Waals surface area (Å²) in [5.41, 5.74) is 3.15. The summed E-state index contributed by atoms with van der Waals surface area (Å²) in [5.74, 6) is 0. The van der Waals surface area contributed by atoms with E-state index < -0.39 is 0 Å². The summed E-state index contributed by atoms with van der Waals surface area (Å²) in [6.07, 6.45) is 4.18. The first-order valence-corrected chi connectivity index (χ1v) is 6.34. The second-order valence-electron chi connectivity index (χ2n) is 3.38. The van der Waals surface area contributed by atoms with E-state index in [1.54, 1.807) is 0 Å². The van der Waals surface area contributed by atoms with E-state index in [4.69, 9.17) is 0 Å². The fourth-order valence-corrected chi connectivity index (χ4v) is 1.93. The molecule has 1 N–H and O–H groups in total. The number of benzene rings is 1. The van der Waals surface area contributed by atoms with Gasteiger partial charge in [0.15, 0.2) is 0 Å². The van der Waals surface area contributed by atoms with Crippen LogP contribution in [0.25, 0.3) is 5.70 Å². The van der Waals surface area contributed by atoms with Crippen LogP contribution in [0.5, 0.6) is 0 Å². The SMILES string of the molecule is C=C1NC(c2ccc(Br)cc2)=[C-]CC1Br.[Y]. The van der Waals surface area contributed by atoms with E-state index in [0.29, 0.717) is 0 Å². The Morgan fingerprint density at radius 2 is 1.94 bits per heavy atom. The van der Waals surface area contributed by atoms with Crippen molar-refractivity contribution in [2.45, 2.75) is 11.2 Å². The maximum Gasteiger partial charge on any atom is 0.0415 e. The molecule has 1 nitrogen and oxygen atoms in total. The molecule has 0 amide bonds. The first-order valence-electron chi connectivity index (χ1n) is 4.63. The third kappa shape index (κ3) is 3.53. The summed E-state index contributed by atoms with van der Waals surface area (Å²) in [4.78, 5) is 0.289. The zero-order chi connectivity index (χ0) is 10.8. The minimum absolute atomic E-state index is 0. The molecule has 0 bridgehead atoms. The van der Waals surface area contributed by atoms with Crippen LogP contribution in [0.1, 0.15) is 12.0 Å². The van der Waals surface area contributed by atoms with Gasteiger partial charge in [0.1, 0.15) is 0 Å². The van der Waals surface area contributed by atoms with Crippen molar-refractivity contribution in [3.05, 3.63) is 52.7 Å². The fourth-order valence-electron chi connectivity index (χ4n) is 1.39. The quantitative estimate of drug-likeness (QED) is 0.541. The van der Waals surface area contributed by atoms with Crippen LogP contribution in [0, 0.1) is 6.08 Å². The molecule has 0 aromatic heterocycles. The maximum atomic E-state index is 3.96. The van der Waals surface area contributed by atoms with E-state index in [0.717, 1.165) is 27.9 Å². The molecular formula is C12H10Br2NY-. The number of rotatable bonds is 1. The molecular weight excluding hydrogens is 407 g/mol. The summed E-state index contributed by atoms with van der Waals surface area (Å²) < 4.78 is 1.08. The molecule has 0 saturated carbocycles. The molecule has 0 aliphatic carbocycles. The van der Waals surface area contributed by atoms with Crippen LogP contribution in [0.4, 0.5) is 0 Å². The molecule has 81 valence electrons. The van der Waals surface area contributed by atoms with Gasteiger partial charge in [-0.05, 0) is 0 Å². The Balaban J connectivity index is 0.00000128. The van der Waals surface area contributed by atoms with Crippen molar-refractivity contribution in [2.24, 2.45) is 0 Å². The monoisotopic (exact) mass is 415 g/mol. The molecule has 4 heteroatoms. The smallest absolute Gasteiger partial charge is 0.0415 e. The van der Waals surface area contributed by atoms with Crippen LogP contribution in [0.2, 0.25) is 0 Å². The molecule has 16 heavy (non-hydrogen) atoms. The van der Waals surface area contributed by atoms with E-state index >= 15 is 0 Å². The number of halogens is 2. The minimum Gasteiger partial charge on any atom is -0.393 e. The zero-order valence-corrected chi connectivity index (χ0v) is 14.6. The van der Waals surface area contributed by atoms with Crippen LogP contribution < -0.4 is 5.32 Å². The topological polar surface area (TPSA) is 12.0 Å². The summed E-state index contributed by atoms with van der Waals surface area (Å²) >= 11 is 6.94. The molecule has 1 aromatic rings. The molecule has 1 aliphatic rings. The van der Waals surface area contributed by atoms with E-state index in [2.05, 4.69) is 62.0 Å². The van der Waals surface area contributed by atoms with Crippen LogP contribution >= 0.6 is 31.9 Å². The molecule has 1 atom stereocenters. The van der Waals surface area contributed by atoms with Crippen LogP contribution in [-0.2, 0) is 32.7 Å². The minimum atomic E-state index is 0. The molecule has 2 rings (SSSR count). The third-order valence-electron chi connectivity index (χ3n) is 2.25. The Kier molecular flexibility index (Phi) is 5.93. The first kappa shape index (κ1) is 14.6. The number of hydrogen-bond donors (Lipinski definition) is 1. The number of alkyl halides is 1. The predicted octanol–water partition coefficient (Wildman–Crippen LogP) is 3.86. The molecule has 1 aliphatic heterocycles. The van der Waals surface area contributed by atoms with Gasteiger partial charge in [-0.1, -0.05) is 57.0 Å². The van der Waals surface area contributed by atoms with Crippen molar-refractivity contribution in [3.63, 3.8) is 0 Å². The number of hydrogen-bond acceptors (Lipinski definition) is 1. The molecule has 0 fully saturated rings. The summed E-state index contributed by atoms with van der Waals surface area (Å²) in [5, 5.41) is 3.25. The van der Waals surface area contributed by atoms with Gasteiger partial charge in [0, 0.05) is 47.7 Å². The molecule has 1 aromatic carbocycles. The van der Waals surface area contributed by atoms with Crippen molar-refractivity contribution in [2.75, 3.05) is 0 Å². The fraction of sp³-hybridized carbons (Fsp3) is 0.167. The van der Waals surface area contributed by atoms with Crippen molar-refractivity contribution in [3.8, 4) is 0 Å². The Morgan fingerprint density at radius 3 is 2.50 bits per heavy atom. The Labute approximate surface area is 138 Å². The van der Waals surface area contributed by atoms with Crippen molar-refractivity contribution in [1.82, 2.24) is 5.32 Å². The average molecular weight is 417 g/mol. The predicted molar refractivity (Wildman–Crippen MR) is 70.4 cm³/mol. The zero-order valence-electron chi connectivity index (χ0n) is 8.63. The van der Waals surface area contributed by atoms with Gasteiger partial charge in [-0.15, -0.1) is 17.8 Å². The maximum absolute atomic E-state index is 3.96. The van der Waals surface area contributed by atoms with Crippen LogP contribution in [-0.4, -0.2) is 4.83 Å². The third-order valence-corrected chi connectivity index (χ3v) is 3.66. The van der Waals surface area contributed by atoms with Crippen molar-refractivity contribution in [1.29, 1.82) is 0 Å². The van der Waals surface area contributed by atoms with E-state index in [1.165, 1.54) is 0 Å². The summed E-state index contributed by atoms with van der Waals surface area (Å²) in [6.45, 7) is 3.96. The molecule has 1 unspecified atom stereocenters. The molecule has 1 heterocycles.